The fraction of sp³-hybridized carbons (Fsp3) is 0.300. The van der Waals surface area contributed by atoms with Crippen LogP contribution in [0.4, 0.5) is 0 Å². The molecular formula is C10H12O4. The van der Waals surface area contributed by atoms with Gasteiger partial charge in [0, 0.05) is 5.56 Å². The molecule has 4 nitrogen and oxygen atoms in total. The first kappa shape index (κ1) is 10.4. The van der Waals surface area contributed by atoms with E-state index in [-0.39, 0.29) is 17.9 Å². The van der Waals surface area contributed by atoms with Gasteiger partial charge in [0.25, 0.3) is 0 Å². The van der Waals surface area contributed by atoms with Crippen LogP contribution in [-0.2, 0) is 16.0 Å². The molecule has 0 aliphatic rings. The number of aryl methyl sites for hydroxylation is 1. The highest BCUT2D eigenvalue weighted by atomic mass is 16.5. The fourth-order valence-electron chi connectivity index (χ4n) is 1.09. The maximum atomic E-state index is 10.9. The number of aromatic hydroxyl groups is 2. The number of hydrogen-bond acceptors (Lipinski definition) is 4. The van der Waals surface area contributed by atoms with Crippen LogP contribution in [0.1, 0.15) is 11.1 Å². The van der Waals surface area contributed by atoms with Crippen molar-refractivity contribution in [2.24, 2.45) is 0 Å². The molecule has 76 valence electrons. The van der Waals surface area contributed by atoms with Gasteiger partial charge in [0.05, 0.1) is 13.5 Å². The number of ether oxygens (including phenoxy) is 1. The molecule has 4 heteroatoms. The van der Waals surface area contributed by atoms with E-state index >= 15 is 0 Å². The fourth-order valence-corrected chi connectivity index (χ4v) is 1.09. The number of benzene rings is 1. The van der Waals surface area contributed by atoms with Crippen molar-refractivity contribution in [3.63, 3.8) is 0 Å². The van der Waals surface area contributed by atoms with Gasteiger partial charge in [-0.2, -0.15) is 0 Å². The van der Waals surface area contributed by atoms with Crippen LogP contribution in [0.5, 0.6) is 11.5 Å². The highest BCUT2D eigenvalue weighted by Crippen LogP contribution is 2.26. The number of rotatable bonds is 2. The quantitative estimate of drug-likeness (QED) is 0.549. The van der Waals surface area contributed by atoms with Crippen LogP contribution in [0, 0.1) is 6.92 Å². The van der Waals surface area contributed by atoms with E-state index in [4.69, 9.17) is 0 Å². The zero-order chi connectivity index (χ0) is 10.7. The molecular weight excluding hydrogens is 184 g/mol. The predicted molar refractivity (Wildman–Crippen MR) is 50.2 cm³/mol. The maximum absolute atomic E-state index is 10.9. The van der Waals surface area contributed by atoms with Crippen molar-refractivity contribution in [2.75, 3.05) is 7.11 Å². The van der Waals surface area contributed by atoms with Crippen LogP contribution in [0.15, 0.2) is 12.1 Å². The summed E-state index contributed by atoms with van der Waals surface area (Å²) >= 11 is 0. The minimum atomic E-state index is -0.455. The van der Waals surface area contributed by atoms with E-state index in [1.165, 1.54) is 19.2 Å². The SMILES string of the molecule is COC(=O)Cc1cc(O)c(C)cc1O. The number of hydrogen-bond donors (Lipinski definition) is 2. The van der Waals surface area contributed by atoms with E-state index in [1.807, 2.05) is 0 Å². The molecule has 0 bridgehead atoms. The molecule has 0 unspecified atom stereocenters. The van der Waals surface area contributed by atoms with Crippen LogP contribution < -0.4 is 0 Å². The van der Waals surface area contributed by atoms with Crippen molar-refractivity contribution >= 4 is 5.97 Å². The lowest BCUT2D eigenvalue weighted by Crippen LogP contribution is -2.04. The molecule has 0 aliphatic carbocycles. The number of methoxy groups -OCH3 is 1. The van der Waals surface area contributed by atoms with Gasteiger partial charge in [-0.3, -0.25) is 4.79 Å². The standard InChI is InChI=1S/C10H12O4/c1-6-3-9(12)7(4-8(6)11)5-10(13)14-2/h3-4,11-12H,5H2,1-2H3. The summed E-state index contributed by atoms with van der Waals surface area (Å²) in [6, 6.07) is 2.77. The van der Waals surface area contributed by atoms with Crippen LogP contribution >= 0.6 is 0 Å². The van der Waals surface area contributed by atoms with E-state index in [2.05, 4.69) is 4.74 Å². The Labute approximate surface area is 81.8 Å². The Morgan fingerprint density at radius 2 is 2.00 bits per heavy atom. The molecule has 0 heterocycles. The van der Waals surface area contributed by atoms with Gasteiger partial charge in [-0.15, -0.1) is 0 Å². The zero-order valence-electron chi connectivity index (χ0n) is 8.07. The van der Waals surface area contributed by atoms with E-state index < -0.39 is 5.97 Å². The number of carbonyl (C=O) groups is 1. The molecule has 0 atom stereocenters. The summed E-state index contributed by atoms with van der Waals surface area (Å²) < 4.78 is 4.45. The molecule has 14 heavy (non-hydrogen) atoms. The molecule has 1 aromatic rings. The van der Waals surface area contributed by atoms with Gasteiger partial charge >= 0.3 is 5.97 Å². The molecule has 0 saturated carbocycles. The molecule has 0 aliphatic heterocycles. The molecule has 0 radical (unpaired) electrons. The van der Waals surface area contributed by atoms with Crippen LogP contribution in [0.25, 0.3) is 0 Å². The summed E-state index contributed by atoms with van der Waals surface area (Å²) in [5, 5.41) is 18.8. The van der Waals surface area contributed by atoms with Crippen molar-refractivity contribution in [3.8, 4) is 11.5 Å². The summed E-state index contributed by atoms with van der Waals surface area (Å²) in [6.07, 6.45) is -0.0455. The first-order valence-corrected chi connectivity index (χ1v) is 4.13. The van der Waals surface area contributed by atoms with Gasteiger partial charge in [-0.25, -0.2) is 0 Å². The van der Waals surface area contributed by atoms with E-state index in [9.17, 15) is 15.0 Å². The van der Waals surface area contributed by atoms with E-state index in [1.54, 1.807) is 6.92 Å². The first-order valence-electron chi connectivity index (χ1n) is 4.13. The molecule has 1 aromatic carbocycles. The average Bonchev–Trinajstić information content (AvgIpc) is 2.14. The summed E-state index contributed by atoms with van der Waals surface area (Å²) in [5.41, 5.74) is 0.927. The molecule has 2 N–H and O–H groups in total. The third-order valence-corrected chi connectivity index (χ3v) is 1.96. The molecule has 0 spiro atoms. The number of phenolic OH excluding ortho intramolecular Hbond substituents is 2. The summed E-state index contributed by atoms with van der Waals surface area (Å²) in [7, 11) is 1.27. The summed E-state index contributed by atoms with van der Waals surface area (Å²) in [4.78, 5) is 10.9. The lowest BCUT2D eigenvalue weighted by molar-refractivity contribution is -0.139. The van der Waals surface area contributed by atoms with Gasteiger partial charge in [0.2, 0.25) is 0 Å². The van der Waals surface area contributed by atoms with Gasteiger partial charge in [0.15, 0.2) is 0 Å². The van der Waals surface area contributed by atoms with Crippen molar-refractivity contribution in [1.29, 1.82) is 0 Å². The Balaban J connectivity index is 2.98. The predicted octanol–water partition coefficient (Wildman–Crippen LogP) is 1.12. The molecule has 0 fully saturated rings. The van der Waals surface area contributed by atoms with Crippen LogP contribution in [0.3, 0.4) is 0 Å². The number of carbonyl (C=O) groups excluding carboxylic acids is 1. The highest BCUT2D eigenvalue weighted by Gasteiger charge is 2.10. The zero-order valence-corrected chi connectivity index (χ0v) is 8.07. The van der Waals surface area contributed by atoms with Crippen molar-refractivity contribution < 1.29 is 19.7 Å². The molecule has 0 saturated heterocycles. The van der Waals surface area contributed by atoms with Gasteiger partial charge in [-0.1, -0.05) is 0 Å². The van der Waals surface area contributed by atoms with Crippen LogP contribution in [-0.4, -0.2) is 23.3 Å². The average molecular weight is 196 g/mol. The first-order chi connectivity index (χ1) is 6.54. The van der Waals surface area contributed by atoms with E-state index in [0.717, 1.165) is 0 Å². The highest BCUT2D eigenvalue weighted by molar-refractivity contribution is 5.73. The maximum Gasteiger partial charge on any atom is 0.310 e. The normalized spacial score (nSPS) is 9.86. The summed E-state index contributed by atoms with van der Waals surface area (Å²) in [5.74, 6) is -0.407. The third-order valence-electron chi connectivity index (χ3n) is 1.96. The molecule has 0 aromatic heterocycles. The molecule has 1 rings (SSSR count). The van der Waals surface area contributed by atoms with Crippen molar-refractivity contribution in [1.82, 2.24) is 0 Å². The topological polar surface area (TPSA) is 66.8 Å². The second-order valence-corrected chi connectivity index (χ2v) is 3.02. The Bertz CT molecular complexity index is 357. The molecule has 0 amide bonds. The number of esters is 1. The minimum absolute atomic E-state index is 0.00861. The summed E-state index contributed by atoms with van der Waals surface area (Å²) in [6.45, 7) is 1.66. The van der Waals surface area contributed by atoms with Crippen LogP contribution in [0.2, 0.25) is 0 Å². The lowest BCUT2D eigenvalue weighted by atomic mass is 10.1. The van der Waals surface area contributed by atoms with E-state index in [0.29, 0.717) is 11.1 Å². The second-order valence-electron chi connectivity index (χ2n) is 3.02. The van der Waals surface area contributed by atoms with Gasteiger partial charge < -0.3 is 14.9 Å². The van der Waals surface area contributed by atoms with Crippen molar-refractivity contribution in [2.45, 2.75) is 13.3 Å². The Kier molecular flexibility index (Phi) is 2.96. The van der Waals surface area contributed by atoms with Gasteiger partial charge in [-0.05, 0) is 24.6 Å². The largest absolute Gasteiger partial charge is 0.508 e. The van der Waals surface area contributed by atoms with Gasteiger partial charge in [0.1, 0.15) is 11.5 Å². The Hall–Kier alpha value is -1.71. The third kappa shape index (κ3) is 2.16. The number of phenols is 2. The Morgan fingerprint density at radius 1 is 1.36 bits per heavy atom. The lowest BCUT2D eigenvalue weighted by Gasteiger charge is -2.06. The monoisotopic (exact) mass is 196 g/mol. The smallest absolute Gasteiger partial charge is 0.310 e. The minimum Gasteiger partial charge on any atom is -0.508 e. The Morgan fingerprint density at radius 3 is 2.57 bits per heavy atom. The second kappa shape index (κ2) is 4.00. The van der Waals surface area contributed by atoms with Crippen molar-refractivity contribution in [3.05, 3.63) is 23.3 Å².